The molecule has 0 fully saturated rings. The number of hydrogen-bond donors (Lipinski definition) is 2. The van der Waals surface area contributed by atoms with Gasteiger partial charge in [0.25, 0.3) is 0 Å². The Bertz CT molecular complexity index is 1140. The average Bonchev–Trinajstić information content (AvgIpc) is 3.13. The molecule has 0 unspecified atom stereocenters. The zero-order chi connectivity index (χ0) is 20.8. The van der Waals surface area contributed by atoms with Gasteiger partial charge in [-0.25, -0.2) is 0 Å². The van der Waals surface area contributed by atoms with Crippen LogP contribution < -0.4 is 10.1 Å². The van der Waals surface area contributed by atoms with Gasteiger partial charge < -0.3 is 19.7 Å². The second-order valence-electron chi connectivity index (χ2n) is 7.85. The first-order valence-corrected chi connectivity index (χ1v) is 9.97. The standard InChI is InChI=1S/C24H22N2O4/c1-13-21-22(15-3-7-17(27)8-4-15)23-19(25-24(21)30-26-13)11-16(12-20(23)28)14-5-9-18(29-2)10-6-14/h3-10,16,22,25,27H,11-12H2,1-2H3/t16-,22+/m1/s1. The van der Waals surface area contributed by atoms with Gasteiger partial charge in [-0.1, -0.05) is 29.4 Å². The first-order valence-electron chi connectivity index (χ1n) is 9.97. The molecule has 0 amide bonds. The highest BCUT2D eigenvalue weighted by Crippen LogP contribution is 2.49. The fourth-order valence-corrected chi connectivity index (χ4v) is 4.58. The summed E-state index contributed by atoms with van der Waals surface area (Å²) in [4.78, 5) is 13.4. The summed E-state index contributed by atoms with van der Waals surface area (Å²) < 4.78 is 10.8. The van der Waals surface area contributed by atoms with Gasteiger partial charge in [0.2, 0.25) is 5.88 Å². The number of anilines is 1. The third-order valence-electron chi connectivity index (χ3n) is 6.07. The molecule has 2 N–H and O–H groups in total. The van der Waals surface area contributed by atoms with Crippen molar-refractivity contribution in [1.29, 1.82) is 0 Å². The van der Waals surface area contributed by atoms with Crippen molar-refractivity contribution in [3.05, 3.63) is 82.2 Å². The van der Waals surface area contributed by atoms with Gasteiger partial charge in [-0.3, -0.25) is 4.79 Å². The number of phenols is 1. The molecule has 3 aromatic rings. The SMILES string of the molecule is COc1ccc([C@H]2CC(=O)C3=C(C2)Nc2onc(C)c2[C@@H]3c2ccc(O)cc2)cc1. The van der Waals surface area contributed by atoms with Crippen molar-refractivity contribution in [3.63, 3.8) is 0 Å². The molecule has 2 aromatic carbocycles. The Morgan fingerprint density at radius 2 is 1.77 bits per heavy atom. The summed E-state index contributed by atoms with van der Waals surface area (Å²) >= 11 is 0. The van der Waals surface area contributed by atoms with E-state index in [1.165, 1.54) is 0 Å². The largest absolute Gasteiger partial charge is 0.508 e. The molecule has 30 heavy (non-hydrogen) atoms. The van der Waals surface area contributed by atoms with Crippen LogP contribution in [0.3, 0.4) is 0 Å². The molecule has 0 radical (unpaired) electrons. The van der Waals surface area contributed by atoms with Gasteiger partial charge in [-0.05, 0) is 54.7 Å². The number of aryl methyl sites for hydroxylation is 1. The number of Topliss-reactive ketones (excluding diaryl/α,β-unsaturated/α-hetero) is 1. The van der Waals surface area contributed by atoms with Crippen LogP contribution in [0.4, 0.5) is 5.88 Å². The summed E-state index contributed by atoms with van der Waals surface area (Å²) in [5.74, 6) is 1.53. The van der Waals surface area contributed by atoms with Gasteiger partial charge in [-0.2, -0.15) is 0 Å². The zero-order valence-corrected chi connectivity index (χ0v) is 16.8. The highest BCUT2D eigenvalue weighted by Gasteiger charge is 2.41. The number of aromatic nitrogens is 1. The number of phenolic OH excluding ortho intramolecular Hbond substituents is 1. The molecule has 0 spiro atoms. The van der Waals surface area contributed by atoms with Crippen LogP contribution in [0.15, 0.2) is 64.3 Å². The highest BCUT2D eigenvalue weighted by molar-refractivity contribution is 6.01. The van der Waals surface area contributed by atoms with Crippen molar-refractivity contribution in [2.24, 2.45) is 0 Å². The zero-order valence-electron chi connectivity index (χ0n) is 16.8. The minimum absolute atomic E-state index is 0.0840. The third-order valence-corrected chi connectivity index (χ3v) is 6.07. The molecule has 2 heterocycles. The maximum atomic E-state index is 13.4. The smallest absolute Gasteiger partial charge is 0.233 e. The Hall–Kier alpha value is -3.54. The molecule has 0 saturated heterocycles. The molecule has 2 aliphatic rings. The fourth-order valence-electron chi connectivity index (χ4n) is 4.58. The minimum Gasteiger partial charge on any atom is -0.508 e. The first-order chi connectivity index (χ1) is 14.5. The Morgan fingerprint density at radius 1 is 1.07 bits per heavy atom. The summed E-state index contributed by atoms with van der Waals surface area (Å²) in [5.41, 5.74) is 5.34. The van der Waals surface area contributed by atoms with Crippen molar-refractivity contribution in [1.82, 2.24) is 5.16 Å². The molecule has 2 atom stereocenters. The molecular formula is C24H22N2O4. The number of fused-ring (bicyclic) bond motifs is 1. The van der Waals surface area contributed by atoms with Crippen molar-refractivity contribution in [2.75, 3.05) is 12.4 Å². The van der Waals surface area contributed by atoms with Gasteiger partial charge in [0.05, 0.1) is 18.4 Å². The second kappa shape index (κ2) is 7.06. The summed E-state index contributed by atoms with van der Waals surface area (Å²) in [6.07, 6.45) is 1.16. The predicted octanol–water partition coefficient (Wildman–Crippen LogP) is 4.66. The van der Waals surface area contributed by atoms with Crippen molar-refractivity contribution < 1.29 is 19.2 Å². The molecule has 5 rings (SSSR count). The summed E-state index contributed by atoms with van der Waals surface area (Å²) in [7, 11) is 1.64. The van der Waals surface area contributed by atoms with Crippen LogP contribution in [0.5, 0.6) is 11.5 Å². The van der Waals surface area contributed by atoms with E-state index in [1.54, 1.807) is 19.2 Å². The van der Waals surface area contributed by atoms with Gasteiger partial charge in [0.1, 0.15) is 11.5 Å². The van der Waals surface area contributed by atoms with Crippen LogP contribution in [0.2, 0.25) is 0 Å². The van der Waals surface area contributed by atoms with Crippen LogP contribution in [0, 0.1) is 6.92 Å². The first kappa shape index (κ1) is 18.5. The number of hydrogen-bond acceptors (Lipinski definition) is 6. The number of nitrogens with one attached hydrogen (secondary N) is 1. The molecule has 6 nitrogen and oxygen atoms in total. The lowest BCUT2D eigenvalue weighted by Crippen LogP contribution is -2.29. The van der Waals surface area contributed by atoms with Gasteiger partial charge in [0, 0.05) is 23.6 Å². The Labute approximate surface area is 174 Å². The normalized spacial score (nSPS) is 20.4. The predicted molar refractivity (Wildman–Crippen MR) is 112 cm³/mol. The number of carbonyl (C=O) groups is 1. The number of aromatic hydroxyl groups is 1. The molecule has 0 saturated carbocycles. The fraction of sp³-hybridized carbons (Fsp3) is 0.250. The average molecular weight is 402 g/mol. The van der Waals surface area contributed by atoms with Crippen LogP contribution in [-0.4, -0.2) is 23.2 Å². The van der Waals surface area contributed by atoms with Gasteiger partial charge in [-0.15, -0.1) is 0 Å². The lowest BCUT2D eigenvalue weighted by molar-refractivity contribution is -0.116. The number of benzene rings is 2. The van der Waals surface area contributed by atoms with E-state index in [4.69, 9.17) is 9.26 Å². The number of methoxy groups -OCH3 is 1. The number of ketones is 1. The lowest BCUT2D eigenvalue weighted by atomic mass is 9.72. The second-order valence-corrected chi connectivity index (χ2v) is 7.85. The van der Waals surface area contributed by atoms with E-state index in [0.29, 0.717) is 18.7 Å². The Morgan fingerprint density at radius 3 is 2.47 bits per heavy atom. The van der Waals surface area contributed by atoms with Crippen LogP contribution in [-0.2, 0) is 4.79 Å². The van der Waals surface area contributed by atoms with E-state index < -0.39 is 0 Å². The minimum atomic E-state index is -0.257. The maximum Gasteiger partial charge on any atom is 0.233 e. The van der Waals surface area contributed by atoms with Crippen LogP contribution in [0.25, 0.3) is 0 Å². The molecule has 152 valence electrons. The highest BCUT2D eigenvalue weighted by atomic mass is 16.5. The van der Waals surface area contributed by atoms with Crippen molar-refractivity contribution >= 4 is 11.7 Å². The monoisotopic (exact) mass is 402 g/mol. The van der Waals surface area contributed by atoms with Crippen molar-refractivity contribution in [3.8, 4) is 11.5 Å². The number of carbonyl (C=O) groups excluding carboxylic acids is 1. The van der Waals surface area contributed by atoms with E-state index in [2.05, 4.69) is 10.5 Å². The van der Waals surface area contributed by atoms with E-state index >= 15 is 0 Å². The van der Waals surface area contributed by atoms with Crippen LogP contribution in [0.1, 0.15) is 47.1 Å². The van der Waals surface area contributed by atoms with E-state index in [9.17, 15) is 9.90 Å². The number of allylic oxidation sites excluding steroid dienone is 2. The molecular weight excluding hydrogens is 380 g/mol. The number of ether oxygens (including phenoxy) is 1. The van der Waals surface area contributed by atoms with E-state index in [1.807, 2.05) is 43.3 Å². The maximum absolute atomic E-state index is 13.4. The van der Waals surface area contributed by atoms with Crippen LogP contribution >= 0.6 is 0 Å². The number of nitrogens with zero attached hydrogens (tertiary/aromatic N) is 1. The van der Waals surface area contributed by atoms with E-state index in [-0.39, 0.29) is 23.4 Å². The van der Waals surface area contributed by atoms with E-state index in [0.717, 1.165) is 39.4 Å². The molecule has 1 aliphatic carbocycles. The lowest BCUT2D eigenvalue weighted by Gasteiger charge is -2.34. The summed E-state index contributed by atoms with van der Waals surface area (Å²) in [6, 6.07) is 14.9. The van der Waals surface area contributed by atoms with Gasteiger partial charge >= 0.3 is 0 Å². The molecule has 1 aromatic heterocycles. The van der Waals surface area contributed by atoms with Gasteiger partial charge in [0.15, 0.2) is 5.78 Å². The molecule has 1 aliphatic heterocycles. The quantitative estimate of drug-likeness (QED) is 0.663. The summed E-state index contributed by atoms with van der Waals surface area (Å²) in [6.45, 7) is 1.89. The third kappa shape index (κ3) is 2.96. The Balaban J connectivity index is 1.58. The number of rotatable bonds is 3. The summed E-state index contributed by atoms with van der Waals surface area (Å²) in [5, 5.41) is 17.2. The molecule has 0 bridgehead atoms. The Kier molecular flexibility index (Phi) is 4.35. The topological polar surface area (TPSA) is 84.6 Å². The molecule has 6 heteroatoms. The van der Waals surface area contributed by atoms with Crippen molar-refractivity contribution in [2.45, 2.75) is 31.6 Å².